The second-order valence-electron chi connectivity index (χ2n) is 8.77. The number of likely N-dealkylation sites (tertiary alicyclic amines) is 1. The molecule has 0 saturated carbocycles. The van der Waals surface area contributed by atoms with Gasteiger partial charge in [-0.1, -0.05) is 48.5 Å². The van der Waals surface area contributed by atoms with E-state index in [0.29, 0.717) is 0 Å². The molecule has 1 saturated heterocycles. The summed E-state index contributed by atoms with van der Waals surface area (Å²) in [7, 11) is 2.93. The number of benzene rings is 2. The number of carbonyl (C=O) groups excluding carboxylic acids is 2. The molecule has 3 atom stereocenters. The average Bonchev–Trinajstić information content (AvgIpc) is 3.45. The first-order valence-electron chi connectivity index (χ1n) is 11.6. The molecule has 35 heavy (non-hydrogen) atoms. The van der Waals surface area contributed by atoms with Crippen LogP contribution in [0.5, 0.6) is 0 Å². The molecule has 9 nitrogen and oxygen atoms in total. The molecule has 2 aromatic carbocycles. The van der Waals surface area contributed by atoms with Gasteiger partial charge in [0, 0.05) is 46.3 Å². The van der Waals surface area contributed by atoms with Crippen LogP contribution in [0, 0.1) is 5.92 Å². The van der Waals surface area contributed by atoms with Crippen LogP contribution < -0.4 is 5.32 Å². The molecule has 9 heteroatoms. The molecular weight excluding hydrogens is 452 g/mol. The summed E-state index contributed by atoms with van der Waals surface area (Å²) in [6.45, 7) is 0.524. The Morgan fingerprint density at radius 2 is 1.66 bits per heavy atom. The van der Waals surface area contributed by atoms with Gasteiger partial charge in [-0.3, -0.25) is 9.59 Å². The third kappa shape index (κ3) is 5.16. The number of ether oxygens (including phenoxy) is 3. The van der Waals surface area contributed by atoms with Gasteiger partial charge in [0.05, 0.1) is 6.10 Å². The number of aliphatic carboxylic acids is 1. The summed E-state index contributed by atoms with van der Waals surface area (Å²) >= 11 is 0. The van der Waals surface area contributed by atoms with Crippen molar-refractivity contribution in [2.45, 2.75) is 24.5 Å². The summed E-state index contributed by atoms with van der Waals surface area (Å²) < 4.78 is 15.9. The Balaban J connectivity index is 1.41. The molecule has 2 aliphatic rings. The summed E-state index contributed by atoms with van der Waals surface area (Å²) in [6, 6.07) is 15.2. The zero-order valence-corrected chi connectivity index (χ0v) is 19.8. The summed E-state index contributed by atoms with van der Waals surface area (Å²) in [4.78, 5) is 38.8. The number of amides is 2. The largest absolute Gasteiger partial charge is 0.481 e. The van der Waals surface area contributed by atoms with Crippen LogP contribution in [0.1, 0.15) is 23.5 Å². The lowest BCUT2D eigenvalue weighted by Gasteiger charge is -2.24. The maximum atomic E-state index is 13.2. The first-order valence-corrected chi connectivity index (χ1v) is 11.6. The van der Waals surface area contributed by atoms with E-state index in [1.165, 1.54) is 19.1 Å². The van der Waals surface area contributed by atoms with Crippen LogP contribution in [-0.4, -0.2) is 80.6 Å². The first-order chi connectivity index (χ1) is 16.9. The second-order valence-corrected chi connectivity index (χ2v) is 8.77. The minimum absolute atomic E-state index is 0.0164. The first kappa shape index (κ1) is 24.7. The van der Waals surface area contributed by atoms with Crippen molar-refractivity contribution in [2.24, 2.45) is 5.92 Å². The summed E-state index contributed by atoms with van der Waals surface area (Å²) in [5.74, 6) is -2.33. The van der Waals surface area contributed by atoms with Gasteiger partial charge in [0.1, 0.15) is 18.6 Å². The van der Waals surface area contributed by atoms with Crippen molar-refractivity contribution in [1.82, 2.24) is 10.2 Å². The lowest BCUT2D eigenvalue weighted by atomic mass is 9.98. The maximum Gasteiger partial charge on any atom is 0.407 e. The summed E-state index contributed by atoms with van der Waals surface area (Å²) in [5, 5.41) is 12.1. The third-order valence-electron chi connectivity index (χ3n) is 6.74. The average molecular weight is 483 g/mol. The van der Waals surface area contributed by atoms with E-state index < -0.39 is 30.1 Å². The quantitative estimate of drug-likeness (QED) is 0.564. The van der Waals surface area contributed by atoms with Gasteiger partial charge in [-0.2, -0.15) is 0 Å². The fraction of sp³-hybridized carbons (Fsp3) is 0.423. The summed E-state index contributed by atoms with van der Waals surface area (Å²) in [5.41, 5.74) is 4.44. The zero-order chi connectivity index (χ0) is 24.9. The lowest BCUT2D eigenvalue weighted by Crippen LogP contribution is -2.49. The molecule has 0 radical (unpaired) electrons. The Hall–Kier alpha value is -3.43. The smallest absolute Gasteiger partial charge is 0.407 e. The molecule has 2 N–H and O–H groups in total. The number of methoxy groups -OCH3 is 2. The molecule has 1 heterocycles. The SMILES string of the molecule is COCCC(NC(=O)OCC1c2ccccc2-c2ccccc21)C(=O)N1CC(OC)C(C(=O)O)C1. The molecule has 0 spiro atoms. The van der Waals surface area contributed by atoms with Gasteiger partial charge in [0.2, 0.25) is 5.91 Å². The number of nitrogens with one attached hydrogen (secondary N) is 1. The number of hydrogen-bond donors (Lipinski definition) is 2. The van der Waals surface area contributed by atoms with E-state index in [2.05, 4.69) is 17.4 Å². The predicted octanol–water partition coefficient (Wildman–Crippen LogP) is 2.49. The Kier molecular flexibility index (Phi) is 7.67. The van der Waals surface area contributed by atoms with E-state index >= 15 is 0 Å². The highest BCUT2D eigenvalue weighted by atomic mass is 16.5. The van der Waals surface area contributed by atoms with Crippen molar-refractivity contribution in [3.8, 4) is 11.1 Å². The van der Waals surface area contributed by atoms with E-state index in [9.17, 15) is 19.5 Å². The number of carbonyl (C=O) groups is 3. The van der Waals surface area contributed by atoms with Crippen molar-refractivity contribution >= 4 is 18.0 Å². The Morgan fingerprint density at radius 1 is 1.03 bits per heavy atom. The highest BCUT2D eigenvalue weighted by Crippen LogP contribution is 2.44. The van der Waals surface area contributed by atoms with Crippen molar-refractivity contribution in [3.05, 3.63) is 59.7 Å². The van der Waals surface area contributed by atoms with Gasteiger partial charge in [-0.05, 0) is 22.3 Å². The van der Waals surface area contributed by atoms with E-state index in [1.54, 1.807) is 0 Å². The second kappa shape index (κ2) is 10.9. The Labute approximate surface area is 204 Å². The molecule has 1 fully saturated rings. The van der Waals surface area contributed by atoms with Crippen molar-refractivity contribution < 1.29 is 33.7 Å². The molecule has 2 aromatic rings. The topological polar surface area (TPSA) is 114 Å². The molecule has 1 aliphatic heterocycles. The molecular formula is C26H30N2O7. The van der Waals surface area contributed by atoms with Crippen molar-refractivity contribution in [3.63, 3.8) is 0 Å². The van der Waals surface area contributed by atoms with Gasteiger partial charge in [0.25, 0.3) is 0 Å². The number of fused-ring (bicyclic) bond motifs is 3. The maximum absolute atomic E-state index is 13.2. The van der Waals surface area contributed by atoms with Crippen molar-refractivity contribution in [2.75, 3.05) is 40.5 Å². The standard InChI is InChI=1S/C26H30N2O7/c1-33-12-11-22(24(29)28-13-20(25(30)31)23(14-28)34-2)27-26(32)35-15-21-18-9-5-3-7-16(18)17-8-4-6-10-19(17)21/h3-10,20-23H,11-15H2,1-2H3,(H,27,32)(H,30,31). The van der Waals surface area contributed by atoms with Crippen LogP contribution in [0.3, 0.4) is 0 Å². The van der Waals surface area contributed by atoms with Crippen LogP contribution in [0.2, 0.25) is 0 Å². The number of carboxylic acids is 1. The number of hydrogen-bond acceptors (Lipinski definition) is 6. The van der Waals surface area contributed by atoms with Gasteiger partial charge >= 0.3 is 12.1 Å². The molecule has 0 aromatic heterocycles. The predicted molar refractivity (Wildman–Crippen MR) is 127 cm³/mol. The van der Waals surface area contributed by atoms with Crippen LogP contribution in [-0.2, 0) is 23.8 Å². The van der Waals surface area contributed by atoms with Gasteiger partial charge in [-0.25, -0.2) is 4.79 Å². The summed E-state index contributed by atoms with van der Waals surface area (Å²) in [6.07, 6.45) is -1.08. The highest BCUT2D eigenvalue weighted by molar-refractivity contribution is 5.87. The number of rotatable bonds is 9. The van der Waals surface area contributed by atoms with Crippen LogP contribution in [0.4, 0.5) is 4.79 Å². The lowest BCUT2D eigenvalue weighted by molar-refractivity contribution is -0.144. The van der Waals surface area contributed by atoms with Gasteiger partial charge in [0.15, 0.2) is 0 Å². The minimum Gasteiger partial charge on any atom is -0.481 e. The molecule has 4 rings (SSSR count). The molecule has 2 amide bonds. The fourth-order valence-corrected chi connectivity index (χ4v) is 4.93. The normalized spacial score (nSPS) is 19.7. The molecule has 3 unspecified atom stereocenters. The third-order valence-corrected chi connectivity index (χ3v) is 6.74. The zero-order valence-electron chi connectivity index (χ0n) is 19.8. The van der Waals surface area contributed by atoms with E-state index in [-0.39, 0.29) is 44.5 Å². The number of nitrogens with zero attached hydrogens (tertiary/aromatic N) is 1. The fourth-order valence-electron chi connectivity index (χ4n) is 4.93. The van der Waals surface area contributed by atoms with Crippen LogP contribution in [0.15, 0.2) is 48.5 Å². The van der Waals surface area contributed by atoms with E-state index in [4.69, 9.17) is 14.2 Å². The van der Waals surface area contributed by atoms with E-state index in [1.807, 2.05) is 36.4 Å². The highest BCUT2D eigenvalue weighted by Gasteiger charge is 2.42. The van der Waals surface area contributed by atoms with Gasteiger partial charge in [-0.15, -0.1) is 0 Å². The molecule has 186 valence electrons. The number of carboxylic acid groups (broad SMARTS) is 1. The minimum atomic E-state index is -1.02. The monoisotopic (exact) mass is 482 g/mol. The van der Waals surface area contributed by atoms with Gasteiger partial charge < -0.3 is 29.5 Å². The van der Waals surface area contributed by atoms with Crippen LogP contribution in [0.25, 0.3) is 11.1 Å². The Morgan fingerprint density at radius 3 is 2.20 bits per heavy atom. The van der Waals surface area contributed by atoms with Crippen LogP contribution >= 0.6 is 0 Å². The Bertz CT molecular complexity index is 1040. The molecule has 0 bridgehead atoms. The molecule has 1 aliphatic carbocycles. The number of alkyl carbamates (subject to hydrolysis) is 1. The van der Waals surface area contributed by atoms with E-state index in [0.717, 1.165) is 22.3 Å². The van der Waals surface area contributed by atoms with Crippen molar-refractivity contribution in [1.29, 1.82) is 0 Å².